The Kier molecular flexibility index (Phi) is 3.03. The lowest BCUT2D eigenvalue weighted by Crippen LogP contribution is -1.99. The summed E-state index contributed by atoms with van der Waals surface area (Å²) in [4.78, 5) is 16.9. The first kappa shape index (κ1) is 12.2. The van der Waals surface area contributed by atoms with Crippen LogP contribution in [0, 0.1) is 6.92 Å². The third kappa shape index (κ3) is 2.36. The summed E-state index contributed by atoms with van der Waals surface area (Å²) in [6.07, 6.45) is 0. The molecule has 19 heavy (non-hydrogen) atoms. The van der Waals surface area contributed by atoms with Gasteiger partial charge < -0.3 is 9.97 Å². The third-order valence-corrected chi connectivity index (χ3v) is 4.22. The molecule has 3 aromatic rings. The number of hydrogen-bond donors (Lipinski definition) is 2. The molecule has 0 saturated heterocycles. The van der Waals surface area contributed by atoms with Crippen molar-refractivity contribution < 1.29 is 0 Å². The first-order valence-electron chi connectivity index (χ1n) is 6.06. The molecule has 1 aromatic heterocycles. The number of rotatable bonds is 2. The maximum Gasteiger partial charge on any atom is 0.323 e. The van der Waals surface area contributed by atoms with Crippen molar-refractivity contribution in [1.82, 2.24) is 9.97 Å². The van der Waals surface area contributed by atoms with Crippen LogP contribution in [0.25, 0.3) is 11.0 Å². The van der Waals surface area contributed by atoms with E-state index >= 15 is 0 Å². The summed E-state index contributed by atoms with van der Waals surface area (Å²) in [6.45, 7) is 2.08. The number of alkyl halides is 1. The first-order chi connectivity index (χ1) is 9.13. The number of aromatic amines is 2. The summed E-state index contributed by atoms with van der Waals surface area (Å²) >= 11 is 3.72. The van der Waals surface area contributed by atoms with E-state index in [0.717, 1.165) is 16.6 Å². The molecule has 0 saturated carbocycles. The minimum absolute atomic E-state index is 0.121. The Morgan fingerprint density at radius 2 is 1.74 bits per heavy atom. The predicted molar refractivity (Wildman–Crippen MR) is 80.9 cm³/mol. The van der Waals surface area contributed by atoms with Crippen LogP contribution in [0.3, 0.4) is 0 Å². The number of nitrogens with one attached hydrogen (secondary N) is 2. The molecular weight excluding hydrogens is 304 g/mol. The number of hydrogen-bond acceptors (Lipinski definition) is 1. The standard InChI is InChI=1S/C15H13BrN2O/c1-9-3-2-4-10(7-9)14(16)11-5-6-12-13(8-11)18-15(19)17-12/h2-8,14H,1H3,(H2,17,18,19). The first-order valence-corrected chi connectivity index (χ1v) is 6.97. The Balaban J connectivity index is 2.05. The fourth-order valence-corrected chi connectivity index (χ4v) is 2.80. The molecule has 0 amide bonds. The number of halogens is 1. The monoisotopic (exact) mass is 316 g/mol. The van der Waals surface area contributed by atoms with Crippen LogP contribution in [-0.4, -0.2) is 9.97 Å². The lowest BCUT2D eigenvalue weighted by Gasteiger charge is -2.11. The van der Waals surface area contributed by atoms with Gasteiger partial charge in [0.05, 0.1) is 15.9 Å². The Bertz CT molecular complexity index is 788. The molecule has 0 aliphatic heterocycles. The molecule has 96 valence electrons. The van der Waals surface area contributed by atoms with Crippen LogP contribution in [0.5, 0.6) is 0 Å². The van der Waals surface area contributed by atoms with Crippen molar-refractivity contribution in [3.63, 3.8) is 0 Å². The van der Waals surface area contributed by atoms with Gasteiger partial charge in [-0.2, -0.15) is 0 Å². The third-order valence-electron chi connectivity index (χ3n) is 3.17. The molecule has 0 radical (unpaired) electrons. The minimum atomic E-state index is -0.172. The molecule has 1 unspecified atom stereocenters. The Morgan fingerprint density at radius 1 is 1.00 bits per heavy atom. The largest absolute Gasteiger partial charge is 0.323 e. The van der Waals surface area contributed by atoms with E-state index in [1.165, 1.54) is 11.1 Å². The molecule has 0 fully saturated rings. The van der Waals surface area contributed by atoms with Crippen LogP contribution in [-0.2, 0) is 0 Å². The van der Waals surface area contributed by atoms with Gasteiger partial charge in [0.2, 0.25) is 0 Å². The fraction of sp³-hybridized carbons (Fsp3) is 0.133. The van der Waals surface area contributed by atoms with Crippen molar-refractivity contribution in [2.45, 2.75) is 11.8 Å². The van der Waals surface area contributed by atoms with Crippen molar-refractivity contribution in [1.29, 1.82) is 0 Å². The van der Waals surface area contributed by atoms with Crippen LogP contribution >= 0.6 is 15.9 Å². The number of aryl methyl sites for hydroxylation is 1. The molecule has 3 nitrogen and oxygen atoms in total. The van der Waals surface area contributed by atoms with E-state index in [2.05, 4.69) is 57.1 Å². The average Bonchev–Trinajstić information content (AvgIpc) is 2.76. The van der Waals surface area contributed by atoms with Crippen LogP contribution in [0.15, 0.2) is 47.3 Å². The van der Waals surface area contributed by atoms with Crippen LogP contribution in [0.2, 0.25) is 0 Å². The fourth-order valence-electron chi connectivity index (χ4n) is 2.23. The molecule has 1 atom stereocenters. The molecule has 0 spiro atoms. The van der Waals surface area contributed by atoms with Crippen LogP contribution < -0.4 is 5.69 Å². The van der Waals surface area contributed by atoms with Gasteiger partial charge in [-0.1, -0.05) is 51.8 Å². The van der Waals surface area contributed by atoms with Crippen molar-refractivity contribution in [2.75, 3.05) is 0 Å². The SMILES string of the molecule is Cc1cccc(C(Br)c2ccc3[nH]c(=O)[nH]c3c2)c1. The number of fused-ring (bicyclic) bond motifs is 1. The van der Waals surface area contributed by atoms with Gasteiger partial charge in [-0.25, -0.2) is 4.79 Å². The van der Waals surface area contributed by atoms with Crippen molar-refractivity contribution in [2.24, 2.45) is 0 Å². The van der Waals surface area contributed by atoms with Crippen molar-refractivity contribution in [3.05, 3.63) is 69.6 Å². The topological polar surface area (TPSA) is 48.6 Å². The molecule has 3 rings (SSSR count). The highest BCUT2D eigenvalue weighted by molar-refractivity contribution is 9.09. The summed E-state index contributed by atoms with van der Waals surface area (Å²) in [5.41, 5.74) is 5.05. The molecule has 2 aromatic carbocycles. The molecule has 0 aliphatic rings. The predicted octanol–water partition coefficient (Wildman–Crippen LogP) is 3.65. The Hall–Kier alpha value is -1.81. The summed E-state index contributed by atoms with van der Waals surface area (Å²) in [5.74, 6) is 0. The second-order valence-electron chi connectivity index (χ2n) is 4.66. The number of benzene rings is 2. The summed E-state index contributed by atoms with van der Waals surface area (Å²) in [6, 6.07) is 14.3. The summed E-state index contributed by atoms with van der Waals surface area (Å²) in [7, 11) is 0. The van der Waals surface area contributed by atoms with E-state index in [9.17, 15) is 4.79 Å². The van der Waals surface area contributed by atoms with Gasteiger partial charge >= 0.3 is 5.69 Å². The number of aromatic nitrogens is 2. The second-order valence-corrected chi connectivity index (χ2v) is 5.58. The van der Waals surface area contributed by atoms with E-state index < -0.39 is 0 Å². The zero-order valence-corrected chi connectivity index (χ0v) is 12.0. The van der Waals surface area contributed by atoms with E-state index in [1.54, 1.807) is 0 Å². The van der Waals surface area contributed by atoms with Gasteiger partial charge in [0, 0.05) is 0 Å². The molecular formula is C15H13BrN2O. The van der Waals surface area contributed by atoms with Crippen LogP contribution in [0.4, 0.5) is 0 Å². The molecule has 1 heterocycles. The second kappa shape index (κ2) is 4.70. The molecule has 0 aliphatic carbocycles. The van der Waals surface area contributed by atoms with Crippen LogP contribution in [0.1, 0.15) is 21.5 Å². The molecule has 2 N–H and O–H groups in total. The smallest absolute Gasteiger partial charge is 0.306 e. The lowest BCUT2D eigenvalue weighted by molar-refractivity contribution is 1.17. The highest BCUT2D eigenvalue weighted by Crippen LogP contribution is 2.32. The Morgan fingerprint density at radius 3 is 2.53 bits per heavy atom. The van der Waals surface area contributed by atoms with Gasteiger partial charge in [-0.05, 0) is 30.2 Å². The van der Waals surface area contributed by atoms with E-state index in [0.29, 0.717) is 0 Å². The summed E-state index contributed by atoms with van der Waals surface area (Å²) in [5, 5.41) is 0. The lowest BCUT2D eigenvalue weighted by atomic mass is 10.0. The van der Waals surface area contributed by atoms with Gasteiger partial charge in [-0.3, -0.25) is 0 Å². The molecule has 4 heteroatoms. The van der Waals surface area contributed by atoms with E-state index in [1.807, 2.05) is 18.2 Å². The zero-order valence-electron chi connectivity index (χ0n) is 10.4. The average molecular weight is 317 g/mol. The zero-order chi connectivity index (χ0) is 13.4. The van der Waals surface area contributed by atoms with Gasteiger partial charge in [0.25, 0.3) is 0 Å². The van der Waals surface area contributed by atoms with Gasteiger partial charge in [0.1, 0.15) is 0 Å². The Labute approximate surface area is 118 Å². The van der Waals surface area contributed by atoms with Gasteiger partial charge in [0.15, 0.2) is 0 Å². The maximum atomic E-state index is 11.3. The maximum absolute atomic E-state index is 11.3. The van der Waals surface area contributed by atoms with Crippen molar-refractivity contribution >= 4 is 27.0 Å². The van der Waals surface area contributed by atoms with Gasteiger partial charge in [-0.15, -0.1) is 0 Å². The van der Waals surface area contributed by atoms with E-state index in [4.69, 9.17) is 0 Å². The number of imidazole rings is 1. The minimum Gasteiger partial charge on any atom is -0.306 e. The highest BCUT2D eigenvalue weighted by atomic mass is 79.9. The molecule has 0 bridgehead atoms. The quantitative estimate of drug-likeness (QED) is 0.697. The highest BCUT2D eigenvalue weighted by Gasteiger charge is 2.11. The number of H-pyrrole nitrogens is 2. The van der Waals surface area contributed by atoms with Crippen molar-refractivity contribution in [3.8, 4) is 0 Å². The summed E-state index contributed by atoms with van der Waals surface area (Å²) < 4.78 is 0. The van der Waals surface area contributed by atoms with E-state index in [-0.39, 0.29) is 10.5 Å². The normalized spacial score (nSPS) is 12.7.